The number of carbonyl (C=O) groups excluding carboxylic acids is 1. The van der Waals surface area contributed by atoms with Crippen LogP contribution >= 0.6 is 0 Å². The summed E-state index contributed by atoms with van der Waals surface area (Å²) in [6, 6.07) is 9.15. The van der Waals surface area contributed by atoms with Crippen LogP contribution in [0.5, 0.6) is 0 Å². The second-order valence-electron chi connectivity index (χ2n) is 11.8. The van der Waals surface area contributed by atoms with Crippen LogP contribution in [0.3, 0.4) is 0 Å². The van der Waals surface area contributed by atoms with Crippen molar-refractivity contribution >= 4 is 23.0 Å². The maximum atomic E-state index is 13.2. The van der Waals surface area contributed by atoms with Gasteiger partial charge in [-0.2, -0.15) is 0 Å². The lowest BCUT2D eigenvalue weighted by molar-refractivity contribution is -0.120. The molecule has 4 aliphatic carbocycles. The van der Waals surface area contributed by atoms with E-state index in [-0.39, 0.29) is 18.0 Å². The van der Waals surface area contributed by atoms with Crippen molar-refractivity contribution in [1.29, 1.82) is 5.41 Å². The van der Waals surface area contributed by atoms with Gasteiger partial charge in [0, 0.05) is 53.9 Å². The standard InChI is InChI=1S/C33H36N4O/c34-22-14-15-24-20(17-22)8-6-16-35-32(24)21-7-5-9-23(18-21)36-30(38)19-29-33(37-29)31-27-12-3-1-10-25(27)26-11-2-4-13-28(26)31/h1-4,10-15,21,23,25,27,31,33-34H,5-9,16-19H2,(H,36,38)/t21?,23-,25?,27?,31?,33?/m1/s1. The van der Waals surface area contributed by atoms with Gasteiger partial charge in [0.1, 0.15) is 0 Å². The number of amides is 1. The van der Waals surface area contributed by atoms with Gasteiger partial charge in [0.2, 0.25) is 5.91 Å². The topological polar surface area (TPSA) is 77.7 Å². The number of hydrogen-bond donors (Lipinski definition) is 2. The zero-order chi connectivity index (χ0) is 25.6. The maximum Gasteiger partial charge on any atom is 0.225 e. The molecule has 5 heteroatoms. The Morgan fingerprint density at radius 2 is 1.92 bits per heavy atom. The van der Waals surface area contributed by atoms with Crippen molar-refractivity contribution < 1.29 is 4.79 Å². The smallest absolute Gasteiger partial charge is 0.225 e. The van der Waals surface area contributed by atoms with E-state index in [4.69, 9.17) is 15.4 Å². The van der Waals surface area contributed by atoms with Crippen LogP contribution in [0, 0.1) is 17.2 Å². The van der Waals surface area contributed by atoms with E-state index >= 15 is 0 Å². The van der Waals surface area contributed by atoms with E-state index in [1.165, 1.54) is 28.0 Å². The lowest BCUT2D eigenvalue weighted by Gasteiger charge is -2.32. The van der Waals surface area contributed by atoms with Gasteiger partial charge in [-0.05, 0) is 60.8 Å². The fourth-order valence-electron chi connectivity index (χ4n) is 7.68. The van der Waals surface area contributed by atoms with Gasteiger partial charge in [-0.1, -0.05) is 66.6 Å². The van der Waals surface area contributed by atoms with E-state index in [2.05, 4.69) is 60.0 Å². The minimum Gasteiger partial charge on any atom is -0.353 e. The van der Waals surface area contributed by atoms with Crippen molar-refractivity contribution in [3.63, 3.8) is 0 Å². The SMILES string of the molecule is N=C1C=CC2=C(CCCN=C2C2CCC[C@@H](NC(=O)CC3=NC3C3c4ccccc4C4C=CC=CC43)C2)C1. The van der Waals surface area contributed by atoms with Gasteiger partial charge >= 0.3 is 0 Å². The van der Waals surface area contributed by atoms with Crippen molar-refractivity contribution in [2.24, 2.45) is 21.8 Å². The number of hydrogen-bond acceptors (Lipinski definition) is 4. The van der Waals surface area contributed by atoms with Crippen LogP contribution in [0.15, 0.2) is 81.9 Å². The monoisotopic (exact) mass is 504 g/mol. The second-order valence-corrected chi connectivity index (χ2v) is 11.8. The Labute approximate surface area is 225 Å². The molecule has 2 aliphatic heterocycles. The zero-order valence-electron chi connectivity index (χ0n) is 21.9. The first kappa shape index (κ1) is 23.8. The summed E-state index contributed by atoms with van der Waals surface area (Å²) in [4.78, 5) is 23.0. The number of aliphatic imine (C=N–C) groups is 2. The number of rotatable bonds is 5. The summed E-state index contributed by atoms with van der Waals surface area (Å²) in [5.41, 5.74) is 8.50. The largest absolute Gasteiger partial charge is 0.353 e. The van der Waals surface area contributed by atoms with Crippen LogP contribution in [0.25, 0.3) is 0 Å². The highest BCUT2D eigenvalue weighted by molar-refractivity contribution is 6.12. The number of carbonyl (C=O) groups is 1. The van der Waals surface area contributed by atoms with E-state index in [0.29, 0.717) is 35.8 Å². The molecule has 1 aromatic rings. The van der Waals surface area contributed by atoms with E-state index < -0.39 is 0 Å². The predicted molar refractivity (Wildman–Crippen MR) is 153 cm³/mol. The summed E-state index contributed by atoms with van der Waals surface area (Å²) in [5, 5.41) is 11.5. The molecule has 5 unspecified atom stereocenters. The number of allylic oxidation sites excluding steroid dienone is 8. The highest BCUT2D eigenvalue weighted by atomic mass is 16.1. The first-order chi connectivity index (χ1) is 18.7. The molecule has 6 atom stereocenters. The fourth-order valence-corrected chi connectivity index (χ4v) is 7.68. The van der Waals surface area contributed by atoms with E-state index in [1.807, 2.05) is 6.08 Å². The molecule has 194 valence electrons. The molecule has 5 nitrogen and oxygen atoms in total. The van der Waals surface area contributed by atoms with Gasteiger partial charge in [0.05, 0.1) is 12.5 Å². The molecular weight excluding hydrogens is 468 g/mol. The van der Waals surface area contributed by atoms with Crippen molar-refractivity contribution in [2.75, 3.05) is 6.54 Å². The third kappa shape index (κ3) is 4.36. The molecule has 0 radical (unpaired) electrons. The number of nitrogens with zero attached hydrogens (tertiary/aromatic N) is 2. The molecule has 1 amide bonds. The van der Waals surface area contributed by atoms with Crippen LogP contribution in [-0.2, 0) is 4.79 Å². The minimum atomic E-state index is 0.118. The van der Waals surface area contributed by atoms with Crippen LogP contribution in [-0.4, -0.2) is 41.7 Å². The van der Waals surface area contributed by atoms with Gasteiger partial charge in [-0.3, -0.25) is 14.8 Å². The van der Waals surface area contributed by atoms with E-state index in [0.717, 1.165) is 57.2 Å². The van der Waals surface area contributed by atoms with Gasteiger partial charge in [-0.25, -0.2) is 0 Å². The van der Waals surface area contributed by atoms with Gasteiger partial charge < -0.3 is 10.7 Å². The number of nitrogens with one attached hydrogen (secondary N) is 2. The maximum absolute atomic E-state index is 13.2. The lowest BCUT2D eigenvalue weighted by atomic mass is 9.78. The molecule has 0 spiro atoms. The van der Waals surface area contributed by atoms with Crippen LogP contribution in [0.1, 0.15) is 74.3 Å². The molecule has 6 aliphatic rings. The Morgan fingerprint density at radius 3 is 2.84 bits per heavy atom. The normalized spacial score (nSPS) is 33.1. The molecule has 0 bridgehead atoms. The van der Waals surface area contributed by atoms with Crippen molar-refractivity contribution in [3.8, 4) is 0 Å². The molecule has 1 fully saturated rings. The summed E-state index contributed by atoms with van der Waals surface area (Å²) < 4.78 is 0. The Morgan fingerprint density at radius 1 is 1.05 bits per heavy atom. The van der Waals surface area contributed by atoms with Gasteiger partial charge in [-0.15, -0.1) is 0 Å². The van der Waals surface area contributed by atoms with E-state index in [1.54, 1.807) is 0 Å². The second kappa shape index (κ2) is 9.76. The average molecular weight is 505 g/mol. The summed E-state index contributed by atoms with van der Waals surface area (Å²) in [5.74, 6) is 1.71. The molecule has 0 saturated heterocycles. The Balaban J connectivity index is 0.986. The first-order valence-corrected chi connectivity index (χ1v) is 14.5. The minimum absolute atomic E-state index is 0.118. The molecule has 2 N–H and O–H groups in total. The average Bonchev–Trinajstić information content (AvgIpc) is 3.64. The van der Waals surface area contributed by atoms with Crippen LogP contribution in [0.4, 0.5) is 0 Å². The number of benzene rings is 1. The highest BCUT2D eigenvalue weighted by Crippen LogP contribution is 2.53. The van der Waals surface area contributed by atoms with Crippen molar-refractivity contribution in [3.05, 3.63) is 83.0 Å². The van der Waals surface area contributed by atoms with Gasteiger partial charge in [0.25, 0.3) is 0 Å². The van der Waals surface area contributed by atoms with Crippen molar-refractivity contribution in [2.45, 2.75) is 75.3 Å². The first-order valence-electron chi connectivity index (χ1n) is 14.5. The zero-order valence-corrected chi connectivity index (χ0v) is 21.9. The molecule has 38 heavy (non-hydrogen) atoms. The molecule has 1 aromatic carbocycles. The van der Waals surface area contributed by atoms with Crippen molar-refractivity contribution in [1.82, 2.24) is 5.32 Å². The lowest BCUT2D eigenvalue weighted by Crippen LogP contribution is -2.40. The summed E-state index contributed by atoms with van der Waals surface area (Å²) in [6.45, 7) is 0.870. The Bertz CT molecular complexity index is 1360. The summed E-state index contributed by atoms with van der Waals surface area (Å²) in [7, 11) is 0. The Kier molecular flexibility index (Phi) is 6.10. The summed E-state index contributed by atoms with van der Waals surface area (Å²) >= 11 is 0. The van der Waals surface area contributed by atoms with Crippen LogP contribution < -0.4 is 5.32 Å². The highest BCUT2D eigenvalue weighted by Gasteiger charge is 2.48. The van der Waals surface area contributed by atoms with E-state index in [9.17, 15) is 4.79 Å². The van der Waals surface area contributed by atoms with Gasteiger partial charge in [0.15, 0.2) is 0 Å². The summed E-state index contributed by atoms with van der Waals surface area (Å²) in [6.07, 6.45) is 20.6. The third-order valence-corrected chi connectivity index (χ3v) is 9.42. The third-order valence-electron chi connectivity index (χ3n) is 9.42. The molecular formula is C33H36N4O. The van der Waals surface area contributed by atoms with Crippen LogP contribution in [0.2, 0.25) is 0 Å². The fraction of sp³-hybridized carbons (Fsp3) is 0.455. The molecule has 0 aromatic heterocycles. The molecule has 1 saturated carbocycles. The quantitative estimate of drug-likeness (QED) is 0.506. The number of fused-ring (bicyclic) bond motifs is 3. The molecule has 2 heterocycles. The predicted octanol–water partition coefficient (Wildman–Crippen LogP) is 6.01. The Hall–Kier alpha value is -3.34. The molecule has 7 rings (SSSR count).